The van der Waals surface area contributed by atoms with Crippen LogP contribution in [0.2, 0.25) is 0 Å². The maximum absolute atomic E-state index is 12.3. The summed E-state index contributed by atoms with van der Waals surface area (Å²) in [5, 5.41) is 4.11. The van der Waals surface area contributed by atoms with Gasteiger partial charge < -0.3 is 4.90 Å². The number of aryl methyl sites for hydroxylation is 1. The van der Waals surface area contributed by atoms with Crippen molar-refractivity contribution in [3.63, 3.8) is 0 Å². The van der Waals surface area contributed by atoms with Gasteiger partial charge >= 0.3 is 0 Å². The summed E-state index contributed by atoms with van der Waals surface area (Å²) in [5.74, 6) is 1.16. The Balaban J connectivity index is 2.12. The van der Waals surface area contributed by atoms with Crippen LogP contribution in [0, 0.1) is 12.8 Å². The number of nitrogens with zero attached hydrogens (tertiary/aromatic N) is 3. The van der Waals surface area contributed by atoms with E-state index in [1.165, 1.54) is 0 Å². The number of likely N-dealkylation sites (tertiary alicyclic amines) is 1. The zero-order chi connectivity index (χ0) is 12.4. The van der Waals surface area contributed by atoms with Crippen molar-refractivity contribution in [2.45, 2.75) is 19.8 Å². The minimum absolute atomic E-state index is 0.0883. The molecule has 0 N–H and O–H groups in total. The third kappa shape index (κ3) is 2.46. The molecule has 2 heterocycles. The lowest BCUT2D eigenvalue weighted by molar-refractivity contribution is 0.0684. The second kappa shape index (κ2) is 5.08. The Morgan fingerprint density at radius 1 is 1.65 bits per heavy atom. The minimum atomic E-state index is 0.0883. The summed E-state index contributed by atoms with van der Waals surface area (Å²) in [6.07, 6.45) is 3.82. The van der Waals surface area contributed by atoms with Crippen LogP contribution in [0.1, 0.15) is 28.9 Å². The number of hydrogen-bond acceptors (Lipinski definition) is 2. The van der Waals surface area contributed by atoms with Gasteiger partial charge in [0.2, 0.25) is 0 Å². The van der Waals surface area contributed by atoms with Crippen LogP contribution in [0.25, 0.3) is 0 Å². The molecule has 1 amide bonds. The zero-order valence-corrected chi connectivity index (χ0v) is 11.1. The van der Waals surface area contributed by atoms with E-state index in [-0.39, 0.29) is 5.91 Å². The lowest BCUT2D eigenvalue weighted by Gasteiger charge is -2.31. The van der Waals surface area contributed by atoms with Crippen molar-refractivity contribution in [1.29, 1.82) is 0 Å². The molecule has 1 aliphatic heterocycles. The molecule has 0 bridgehead atoms. The monoisotopic (exact) mass is 255 g/mol. The van der Waals surface area contributed by atoms with Gasteiger partial charge in [-0.1, -0.05) is 0 Å². The van der Waals surface area contributed by atoms with Gasteiger partial charge in [-0.15, -0.1) is 11.6 Å². The summed E-state index contributed by atoms with van der Waals surface area (Å²) in [5.41, 5.74) is 1.63. The van der Waals surface area contributed by atoms with E-state index >= 15 is 0 Å². The molecule has 5 heteroatoms. The van der Waals surface area contributed by atoms with Gasteiger partial charge in [0.1, 0.15) is 0 Å². The van der Waals surface area contributed by atoms with Gasteiger partial charge in [-0.05, 0) is 25.7 Å². The molecule has 0 radical (unpaired) electrons. The smallest absolute Gasteiger partial charge is 0.257 e. The van der Waals surface area contributed by atoms with Crippen molar-refractivity contribution in [2.24, 2.45) is 13.0 Å². The highest BCUT2D eigenvalue weighted by atomic mass is 35.5. The molecule has 17 heavy (non-hydrogen) atoms. The van der Waals surface area contributed by atoms with E-state index in [1.54, 1.807) is 10.9 Å². The van der Waals surface area contributed by atoms with Gasteiger partial charge in [0.25, 0.3) is 5.91 Å². The van der Waals surface area contributed by atoms with E-state index in [9.17, 15) is 4.79 Å². The number of amides is 1. The standard InChI is InChI=1S/C12H18ClN3O/c1-9-11(7-14-15(9)2)12(17)16-5-3-4-10(6-13)8-16/h7,10H,3-6,8H2,1-2H3. The number of rotatable bonds is 2. The van der Waals surface area contributed by atoms with Crippen molar-refractivity contribution >= 4 is 17.5 Å². The molecule has 4 nitrogen and oxygen atoms in total. The summed E-state index contributed by atoms with van der Waals surface area (Å²) in [4.78, 5) is 14.2. The average molecular weight is 256 g/mol. The van der Waals surface area contributed by atoms with Crippen molar-refractivity contribution < 1.29 is 4.79 Å². The molecule has 1 fully saturated rings. The lowest BCUT2D eigenvalue weighted by atomic mass is 9.99. The number of carbonyl (C=O) groups excluding carboxylic acids is 1. The first-order valence-electron chi connectivity index (χ1n) is 5.97. The highest BCUT2D eigenvalue weighted by Crippen LogP contribution is 2.20. The molecule has 0 aliphatic carbocycles. The average Bonchev–Trinajstić information content (AvgIpc) is 2.69. The molecule has 0 saturated carbocycles. The fourth-order valence-electron chi connectivity index (χ4n) is 2.25. The van der Waals surface area contributed by atoms with Crippen LogP contribution in [-0.2, 0) is 7.05 Å². The third-order valence-electron chi connectivity index (χ3n) is 3.49. The first kappa shape index (κ1) is 12.4. The van der Waals surface area contributed by atoms with Crippen LogP contribution in [-0.4, -0.2) is 39.6 Å². The fourth-order valence-corrected chi connectivity index (χ4v) is 2.51. The Hall–Kier alpha value is -1.03. The van der Waals surface area contributed by atoms with Crippen LogP contribution in [0.3, 0.4) is 0 Å². The van der Waals surface area contributed by atoms with Crippen LogP contribution < -0.4 is 0 Å². The quantitative estimate of drug-likeness (QED) is 0.756. The lowest BCUT2D eigenvalue weighted by Crippen LogP contribution is -2.40. The number of alkyl halides is 1. The van der Waals surface area contributed by atoms with Crippen LogP contribution in [0.15, 0.2) is 6.20 Å². The largest absolute Gasteiger partial charge is 0.338 e. The van der Waals surface area contributed by atoms with E-state index in [4.69, 9.17) is 11.6 Å². The molecule has 1 unspecified atom stereocenters. The van der Waals surface area contributed by atoms with Gasteiger partial charge in [0, 0.05) is 31.7 Å². The second-order valence-corrected chi connectivity index (χ2v) is 4.99. The summed E-state index contributed by atoms with van der Waals surface area (Å²) >= 11 is 5.88. The number of hydrogen-bond donors (Lipinski definition) is 0. The topological polar surface area (TPSA) is 38.1 Å². The Morgan fingerprint density at radius 3 is 3.00 bits per heavy atom. The Labute approximate surface area is 107 Å². The first-order chi connectivity index (χ1) is 8.13. The summed E-state index contributed by atoms with van der Waals surface area (Å²) in [7, 11) is 1.85. The molecule has 1 saturated heterocycles. The number of aromatic nitrogens is 2. The SMILES string of the molecule is Cc1c(C(=O)N2CCCC(CCl)C2)cnn1C. The van der Waals surface area contributed by atoms with Crippen LogP contribution in [0.5, 0.6) is 0 Å². The second-order valence-electron chi connectivity index (χ2n) is 4.68. The molecule has 0 aromatic carbocycles. The highest BCUT2D eigenvalue weighted by Gasteiger charge is 2.25. The van der Waals surface area contributed by atoms with E-state index in [0.717, 1.165) is 31.6 Å². The number of piperidine rings is 1. The van der Waals surface area contributed by atoms with Crippen molar-refractivity contribution in [2.75, 3.05) is 19.0 Å². The van der Waals surface area contributed by atoms with E-state index in [0.29, 0.717) is 17.4 Å². The zero-order valence-electron chi connectivity index (χ0n) is 10.3. The highest BCUT2D eigenvalue weighted by molar-refractivity contribution is 6.18. The molecule has 0 spiro atoms. The summed E-state index contributed by atoms with van der Waals surface area (Å²) in [6.45, 7) is 3.53. The van der Waals surface area contributed by atoms with Gasteiger partial charge in [-0.3, -0.25) is 9.48 Å². The van der Waals surface area contributed by atoms with Crippen LogP contribution >= 0.6 is 11.6 Å². The Morgan fingerprint density at radius 2 is 2.41 bits per heavy atom. The van der Waals surface area contributed by atoms with E-state index < -0.39 is 0 Å². The Kier molecular flexibility index (Phi) is 3.72. The molecule has 2 rings (SSSR count). The van der Waals surface area contributed by atoms with Gasteiger partial charge in [-0.2, -0.15) is 5.10 Å². The Bertz CT molecular complexity index is 416. The third-order valence-corrected chi connectivity index (χ3v) is 3.93. The summed E-state index contributed by atoms with van der Waals surface area (Å²) in [6, 6.07) is 0. The molecule has 94 valence electrons. The summed E-state index contributed by atoms with van der Waals surface area (Å²) < 4.78 is 1.73. The van der Waals surface area contributed by atoms with E-state index in [2.05, 4.69) is 5.10 Å². The van der Waals surface area contributed by atoms with Crippen molar-refractivity contribution in [3.8, 4) is 0 Å². The molecule has 1 aromatic rings. The predicted octanol–water partition coefficient (Wildman–Crippen LogP) is 1.82. The van der Waals surface area contributed by atoms with Crippen LogP contribution in [0.4, 0.5) is 0 Å². The first-order valence-corrected chi connectivity index (χ1v) is 6.50. The van der Waals surface area contributed by atoms with Crippen molar-refractivity contribution in [3.05, 3.63) is 17.5 Å². The molecular formula is C12H18ClN3O. The molecule has 1 aliphatic rings. The maximum atomic E-state index is 12.3. The maximum Gasteiger partial charge on any atom is 0.257 e. The van der Waals surface area contributed by atoms with Gasteiger partial charge in [-0.25, -0.2) is 0 Å². The van der Waals surface area contributed by atoms with Gasteiger partial charge in [0.15, 0.2) is 0 Å². The molecule has 1 aromatic heterocycles. The predicted molar refractivity (Wildman–Crippen MR) is 67.3 cm³/mol. The molecular weight excluding hydrogens is 238 g/mol. The fraction of sp³-hybridized carbons (Fsp3) is 0.667. The minimum Gasteiger partial charge on any atom is -0.338 e. The molecule has 1 atom stereocenters. The number of halogens is 1. The van der Waals surface area contributed by atoms with E-state index in [1.807, 2.05) is 18.9 Å². The van der Waals surface area contributed by atoms with Crippen molar-refractivity contribution in [1.82, 2.24) is 14.7 Å². The van der Waals surface area contributed by atoms with Gasteiger partial charge in [0.05, 0.1) is 11.8 Å². The number of carbonyl (C=O) groups is 1. The normalized spacial score (nSPS) is 20.6.